The predicted octanol–water partition coefficient (Wildman–Crippen LogP) is 0.896. The standard InChI is InChI=1S/C4H5BrN2O/c5-7-3(6)1-2-4(7)8/h6H,1-2H2. The summed E-state index contributed by atoms with van der Waals surface area (Å²) >= 11 is 2.93. The number of nitrogens with zero attached hydrogens (tertiary/aromatic N) is 1. The van der Waals surface area contributed by atoms with Crippen LogP contribution in [0.5, 0.6) is 0 Å². The van der Waals surface area contributed by atoms with Crippen LogP contribution in [0.25, 0.3) is 0 Å². The van der Waals surface area contributed by atoms with Gasteiger partial charge in [0.15, 0.2) is 0 Å². The first-order chi connectivity index (χ1) is 3.72. The zero-order valence-electron chi connectivity index (χ0n) is 4.15. The van der Waals surface area contributed by atoms with Crippen LogP contribution >= 0.6 is 16.1 Å². The minimum atomic E-state index is -0.0185. The van der Waals surface area contributed by atoms with Crippen molar-refractivity contribution >= 4 is 27.9 Å². The maximum atomic E-state index is 10.5. The van der Waals surface area contributed by atoms with Crippen LogP contribution in [0, 0.1) is 5.41 Å². The Labute approximate surface area is 55.5 Å². The summed E-state index contributed by atoms with van der Waals surface area (Å²) < 4.78 is 1.20. The second kappa shape index (κ2) is 1.85. The molecule has 0 bridgehead atoms. The van der Waals surface area contributed by atoms with Crippen LogP contribution in [0.3, 0.4) is 0 Å². The molecule has 0 aliphatic carbocycles. The van der Waals surface area contributed by atoms with E-state index in [0.717, 1.165) is 0 Å². The number of hydrogen-bond donors (Lipinski definition) is 1. The molecule has 0 aromatic heterocycles. The van der Waals surface area contributed by atoms with E-state index in [-0.39, 0.29) is 5.91 Å². The summed E-state index contributed by atoms with van der Waals surface area (Å²) in [6.45, 7) is 0. The van der Waals surface area contributed by atoms with Gasteiger partial charge in [-0.05, 0) is 0 Å². The van der Waals surface area contributed by atoms with Crippen LogP contribution in [0.4, 0.5) is 0 Å². The topological polar surface area (TPSA) is 44.2 Å². The highest BCUT2D eigenvalue weighted by atomic mass is 79.9. The van der Waals surface area contributed by atoms with Crippen molar-refractivity contribution in [2.75, 3.05) is 0 Å². The summed E-state index contributed by atoms with van der Waals surface area (Å²) in [6, 6.07) is 0. The average Bonchev–Trinajstić information content (AvgIpc) is 1.98. The van der Waals surface area contributed by atoms with Gasteiger partial charge in [0.1, 0.15) is 5.84 Å². The van der Waals surface area contributed by atoms with Crippen molar-refractivity contribution in [3.63, 3.8) is 0 Å². The Kier molecular flexibility index (Phi) is 1.33. The molecule has 1 saturated heterocycles. The van der Waals surface area contributed by atoms with Gasteiger partial charge in [-0.15, -0.1) is 0 Å². The molecular formula is C4H5BrN2O. The van der Waals surface area contributed by atoms with Gasteiger partial charge in [-0.1, -0.05) is 0 Å². The number of rotatable bonds is 0. The van der Waals surface area contributed by atoms with E-state index in [1.54, 1.807) is 0 Å². The number of halogens is 1. The van der Waals surface area contributed by atoms with Gasteiger partial charge < -0.3 is 0 Å². The van der Waals surface area contributed by atoms with Crippen LogP contribution in [0.2, 0.25) is 0 Å². The van der Waals surface area contributed by atoms with Crippen LogP contribution in [0.15, 0.2) is 0 Å². The van der Waals surface area contributed by atoms with Gasteiger partial charge in [0.25, 0.3) is 0 Å². The van der Waals surface area contributed by atoms with Crippen LogP contribution in [-0.2, 0) is 4.79 Å². The Hall–Kier alpha value is -0.380. The molecule has 0 spiro atoms. The molecule has 1 rings (SSSR count). The van der Waals surface area contributed by atoms with Gasteiger partial charge in [-0.2, -0.15) is 0 Å². The van der Waals surface area contributed by atoms with E-state index in [1.807, 2.05) is 0 Å². The van der Waals surface area contributed by atoms with Crippen molar-refractivity contribution in [3.05, 3.63) is 0 Å². The normalized spacial score (nSPS) is 20.4. The lowest BCUT2D eigenvalue weighted by Gasteiger charge is -2.00. The Balaban J connectivity index is 2.70. The van der Waals surface area contributed by atoms with E-state index in [4.69, 9.17) is 5.41 Å². The third-order valence-corrected chi connectivity index (χ3v) is 1.86. The van der Waals surface area contributed by atoms with Crippen molar-refractivity contribution in [2.24, 2.45) is 0 Å². The summed E-state index contributed by atoms with van der Waals surface area (Å²) in [4.78, 5) is 10.5. The number of carbonyl (C=O) groups is 1. The highest BCUT2D eigenvalue weighted by Gasteiger charge is 2.22. The highest BCUT2D eigenvalue weighted by Crippen LogP contribution is 2.14. The molecule has 1 aliphatic rings. The maximum absolute atomic E-state index is 10.5. The summed E-state index contributed by atoms with van der Waals surface area (Å²) in [7, 11) is 0. The number of nitrogens with one attached hydrogen (secondary N) is 1. The van der Waals surface area contributed by atoms with E-state index in [1.165, 1.54) is 3.93 Å². The lowest BCUT2D eigenvalue weighted by molar-refractivity contribution is -0.121. The number of amidine groups is 1. The number of carbonyl (C=O) groups excluding carboxylic acids is 1. The minimum Gasteiger partial charge on any atom is -0.287 e. The molecular weight excluding hydrogens is 172 g/mol. The van der Waals surface area contributed by atoms with Crippen molar-refractivity contribution < 1.29 is 4.79 Å². The lowest BCUT2D eigenvalue weighted by Crippen LogP contribution is -2.15. The zero-order valence-corrected chi connectivity index (χ0v) is 5.73. The Morgan fingerprint density at radius 1 is 1.62 bits per heavy atom. The van der Waals surface area contributed by atoms with Gasteiger partial charge in [0.2, 0.25) is 5.91 Å². The first-order valence-electron chi connectivity index (χ1n) is 2.28. The van der Waals surface area contributed by atoms with Crippen LogP contribution in [-0.4, -0.2) is 15.7 Å². The van der Waals surface area contributed by atoms with Gasteiger partial charge in [-0.3, -0.25) is 10.2 Å². The van der Waals surface area contributed by atoms with Crippen molar-refractivity contribution in [1.29, 1.82) is 5.41 Å². The Morgan fingerprint density at radius 2 is 2.25 bits per heavy atom. The van der Waals surface area contributed by atoms with Gasteiger partial charge in [0.05, 0.1) is 16.1 Å². The zero-order chi connectivity index (χ0) is 6.15. The van der Waals surface area contributed by atoms with Crippen molar-refractivity contribution in [3.8, 4) is 0 Å². The molecule has 8 heavy (non-hydrogen) atoms. The Bertz CT molecular complexity index is 129. The van der Waals surface area contributed by atoms with Gasteiger partial charge in [0, 0.05) is 12.8 Å². The van der Waals surface area contributed by atoms with Gasteiger partial charge >= 0.3 is 0 Å². The number of amides is 1. The molecule has 1 fully saturated rings. The molecule has 0 unspecified atom stereocenters. The molecule has 0 aromatic carbocycles. The monoisotopic (exact) mass is 176 g/mol. The fourth-order valence-corrected chi connectivity index (χ4v) is 0.927. The molecule has 3 nitrogen and oxygen atoms in total. The van der Waals surface area contributed by atoms with Crippen molar-refractivity contribution in [1.82, 2.24) is 3.93 Å². The quantitative estimate of drug-likeness (QED) is 0.548. The third kappa shape index (κ3) is 0.753. The summed E-state index contributed by atoms with van der Waals surface area (Å²) in [5, 5.41) is 7.04. The van der Waals surface area contributed by atoms with Crippen LogP contribution in [0.1, 0.15) is 12.8 Å². The average molecular weight is 177 g/mol. The summed E-state index contributed by atoms with van der Waals surface area (Å²) in [5.41, 5.74) is 0. The SMILES string of the molecule is N=C1CCC(=O)N1Br. The first kappa shape index (κ1) is 5.75. The molecule has 1 N–H and O–H groups in total. The molecule has 44 valence electrons. The van der Waals surface area contributed by atoms with E-state index in [0.29, 0.717) is 18.7 Å². The van der Waals surface area contributed by atoms with Crippen molar-refractivity contribution in [2.45, 2.75) is 12.8 Å². The molecule has 0 saturated carbocycles. The molecule has 1 aliphatic heterocycles. The molecule has 0 radical (unpaired) electrons. The van der Waals surface area contributed by atoms with E-state index < -0.39 is 0 Å². The summed E-state index contributed by atoms with van der Waals surface area (Å²) in [5.74, 6) is 0.338. The second-order valence-corrected chi connectivity index (χ2v) is 2.33. The highest BCUT2D eigenvalue weighted by molar-refractivity contribution is 9.08. The fourth-order valence-electron chi connectivity index (χ4n) is 0.572. The molecule has 1 heterocycles. The van der Waals surface area contributed by atoms with E-state index in [2.05, 4.69) is 16.1 Å². The molecule has 0 atom stereocenters. The molecule has 4 heteroatoms. The fraction of sp³-hybridized carbons (Fsp3) is 0.500. The number of hydrogen-bond acceptors (Lipinski definition) is 2. The second-order valence-electron chi connectivity index (χ2n) is 1.62. The smallest absolute Gasteiger partial charge is 0.238 e. The summed E-state index contributed by atoms with van der Waals surface area (Å²) in [6.07, 6.45) is 1.05. The first-order valence-corrected chi connectivity index (χ1v) is 2.99. The third-order valence-electron chi connectivity index (χ3n) is 1.03. The van der Waals surface area contributed by atoms with Crippen LogP contribution < -0.4 is 0 Å². The largest absolute Gasteiger partial charge is 0.287 e. The predicted molar refractivity (Wildman–Crippen MR) is 32.7 cm³/mol. The van der Waals surface area contributed by atoms with Gasteiger partial charge in [-0.25, -0.2) is 3.93 Å². The maximum Gasteiger partial charge on any atom is 0.238 e. The van der Waals surface area contributed by atoms with E-state index >= 15 is 0 Å². The lowest BCUT2D eigenvalue weighted by atomic mass is 10.4. The molecule has 0 aromatic rings. The molecule has 1 amide bonds. The Morgan fingerprint density at radius 3 is 2.38 bits per heavy atom. The van der Waals surface area contributed by atoms with E-state index in [9.17, 15) is 4.79 Å². The minimum absolute atomic E-state index is 0.0185.